The zero-order chi connectivity index (χ0) is 12.5. The molecule has 4 heteroatoms. The normalized spacial score (nSPS) is 30.9. The molecule has 2 heterocycles. The van der Waals surface area contributed by atoms with E-state index in [1.54, 1.807) is 0 Å². The van der Waals surface area contributed by atoms with Crippen molar-refractivity contribution < 1.29 is 0 Å². The van der Waals surface area contributed by atoms with Gasteiger partial charge in [0.25, 0.3) is 0 Å². The second-order valence-electron chi connectivity index (χ2n) is 6.03. The minimum absolute atomic E-state index is 0.435. The van der Waals surface area contributed by atoms with E-state index < -0.39 is 0 Å². The topological polar surface area (TPSA) is 41.9 Å². The van der Waals surface area contributed by atoms with Gasteiger partial charge in [-0.05, 0) is 45.1 Å². The van der Waals surface area contributed by atoms with E-state index in [9.17, 15) is 0 Å². The van der Waals surface area contributed by atoms with Crippen LogP contribution in [0.15, 0.2) is 12.3 Å². The van der Waals surface area contributed by atoms with E-state index >= 15 is 0 Å². The molecule has 100 valence electrons. The van der Waals surface area contributed by atoms with E-state index in [0.29, 0.717) is 12.1 Å². The molecule has 2 aliphatic rings. The van der Waals surface area contributed by atoms with E-state index in [0.717, 1.165) is 24.2 Å². The average Bonchev–Trinajstić information content (AvgIpc) is 3.03. The third-order valence-electron chi connectivity index (χ3n) is 4.52. The van der Waals surface area contributed by atoms with Crippen LogP contribution in [0.25, 0.3) is 0 Å². The highest BCUT2D eigenvalue weighted by molar-refractivity contribution is 5.32. The number of rotatable bonds is 4. The number of hydrogen-bond donors (Lipinski definition) is 2. The van der Waals surface area contributed by atoms with Crippen molar-refractivity contribution in [3.63, 3.8) is 0 Å². The number of nitrogens with zero attached hydrogens (tertiary/aromatic N) is 2. The van der Waals surface area contributed by atoms with Crippen LogP contribution in [0.4, 0.5) is 5.82 Å². The quantitative estimate of drug-likeness (QED) is 0.859. The van der Waals surface area contributed by atoms with Crippen LogP contribution < -0.4 is 10.6 Å². The lowest BCUT2D eigenvalue weighted by molar-refractivity contribution is 0.422. The van der Waals surface area contributed by atoms with Crippen molar-refractivity contribution in [1.82, 2.24) is 15.1 Å². The molecule has 1 aliphatic heterocycles. The van der Waals surface area contributed by atoms with Crippen molar-refractivity contribution >= 4 is 5.82 Å². The fourth-order valence-corrected chi connectivity index (χ4v) is 3.46. The van der Waals surface area contributed by atoms with Gasteiger partial charge in [-0.3, -0.25) is 4.68 Å². The van der Waals surface area contributed by atoms with E-state index in [-0.39, 0.29) is 0 Å². The number of hydrogen-bond acceptors (Lipinski definition) is 3. The van der Waals surface area contributed by atoms with Crippen molar-refractivity contribution in [3.8, 4) is 0 Å². The molecule has 3 atom stereocenters. The molecular formula is C14H24N4. The summed E-state index contributed by atoms with van der Waals surface area (Å²) in [5.74, 6) is 2.83. The highest BCUT2D eigenvalue weighted by Gasteiger charge is 2.38. The third-order valence-corrected chi connectivity index (χ3v) is 4.52. The Kier molecular flexibility index (Phi) is 3.29. The van der Waals surface area contributed by atoms with Crippen LogP contribution >= 0.6 is 0 Å². The first-order chi connectivity index (χ1) is 8.74. The predicted octanol–water partition coefficient (Wildman–Crippen LogP) is 2.26. The van der Waals surface area contributed by atoms with Crippen LogP contribution in [-0.4, -0.2) is 28.9 Å². The minimum atomic E-state index is 0.435. The number of fused-ring (bicyclic) bond motifs is 1. The Morgan fingerprint density at radius 2 is 2.39 bits per heavy atom. The van der Waals surface area contributed by atoms with Gasteiger partial charge in [-0.15, -0.1) is 0 Å². The number of aromatic nitrogens is 2. The molecule has 0 bridgehead atoms. The Morgan fingerprint density at radius 1 is 1.50 bits per heavy atom. The van der Waals surface area contributed by atoms with Gasteiger partial charge in [0, 0.05) is 30.9 Å². The highest BCUT2D eigenvalue weighted by atomic mass is 15.3. The Labute approximate surface area is 109 Å². The van der Waals surface area contributed by atoms with Gasteiger partial charge in [-0.2, -0.15) is 5.10 Å². The number of anilines is 1. The summed E-state index contributed by atoms with van der Waals surface area (Å²) in [5, 5.41) is 11.7. The molecule has 1 saturated heterocycles. The lowest BCUT2D eigenvalue weighted by atomic mass is 9.94. The minimum Gasteiger partial charge on any atom is -0.367 e. The van der Waals surface area contributed by atoms with Gasteiger partial charge in [0.15, 0.2) is 0 Å². The summed E-state index contributed by atoms with van der Waals surface area (Å²) < 4.78 is 2.00. The highest BCUT2D eigenvalue weighted by Crippen LogP contribution is 2.37. The van der Waals surface area contributed by atoms with Crippen LogP contribution in [0.5, 0.6) is 0 Å². The van der Waals surface area contributed by atoms with Gasteiger partial charge in [-0.1, -0.05) is 6.42 Å². The summed E-state index contributed by atoms with van der Waals surface area (Å²) in [6, 6.07) is 3.15. The van der Waals surface area contributed by atoms with E-state index in [2.05, 4.69) is 35.6 Å². The summed E-state index contributed by atoms with van der Waals surface area (Å²) in [7, 11) is 0. The molecule has 3 rings (SSSR count). The van der Waals surface area contributed by atoms with Crippen LogP contribution in [0.3, 0.4) is 0 Å². The van der Waals surface area contributed by atoms with Crippen LogP contribution in [-0.2, 0) is 0 Å². The number of nitrogens with one attached hydrogen (secondary N) is 2. The van der Waals surface area contributed by atoms with Crippen molar-refractivity contribution in [2.45, 2.75) is 45.2 Å². The summed E-state index contributed by atoms with van der Waals surface area (Å²) in [4.78, 5) is 0. The van der Waals surface area contributed by atoms with Crippen LogP contribution in [0.2, 0.25) is 0 Å². The lowest BCUT2D eigenvalue weighted by Crippen LogP contribution is -2.34. The van der Waals surface area contributed by atoms with Gasteiger partial charge in [0.05, 0.1) is 0 Å². The van der Waals surface area contributed by atoms with Crippen molar-refractivity contribution in [1.29, 1.82) is 0 Å². The maximum absolute atomic E-state index is 4.53. The van der Waals surface area contributed by atoms with E-state index in [1.807, 2.05) is 10.9 Å². The SMILES string of the molecule is CC(C)n1ccc(NCC2NCC3CCCC32)n1. The molecule has 3 unspecified atom stereocenters. The summed E-state index contributed by atoms with van der Waals surface area (Å²) >= 11 is 0. The van der Waals surface area contributed by atoms with Crippen LogP contribution in [0, 0.1) is 11.8 Å². The fourth-order valence-electron chi connectivity index (χ4n) is 3.46. The Morgan fingerprint density at radius 3 is 3.17 bits per heavy atom. The molecule has 0 aromatic carbocycles. The van der Waals surface area contributed by atoms with E-state index in [4.69, 9.17) is 0 Å². The summed E-state index contributed by atoms with van der Waals surface area (Å²) in [5.41, 5.74) is 0. The smallest absolute Gasteiger partial charge is 0.148 e. The Hall–Kier alpha value is -1.03. The Bertz CT molecular complexity index is 398. The van der Waals surface area contributed by atoms with Gasteiger partial charge >= 0.3 is 0 Å². The van der Waals surface area contributed by atoms with Crippen molar-refractivity contribution in [3.05, 3.63) is 12.3 Å². The van der Waals surface area contributed by atoms with Crippen molar-refractivity contribution in [2.75, 3.05) is 18.4 Å². The maximum atomic E-state index is 4.53. The lowest BCUT2D eigenvalue weighted by Gasteiger charge is -2.18. The van der Waals surface area contributed by atoms with Crippen LogP contribution in [0.1, 0.15) is 39.2 Å². The molecule has 1 aromatic heterocycles. The van der Waals surface area contributed by atoms with Gasteiger partial charge in [0.2, 0.25) is 0 Å². The summed E-state index contributed by atoms with van der Waals surface area (Å²) in [6.45, 7) is 6.53. The fraction of sp³-hybridized carbons (Fsp3) is 0.786. The monoisotopic (exact) mass is 248 g/mol. The Balaban J connectivity index is 1.54. The maximum Gasteiger partial charge on any atom is 0.148 e. The van der Waals surface area contributed by atoms with Crippen molar-refractivity contribution in [2.24, 2.45) is 11.8 Å². The predicted molar refractivity (Wildman–Crippen MR) is 73.7 cm³/mol. The molecule has 1 saturated carbocycles. The standard InChI is InChI=1S/C14H24N4/c1-10(2)18-7-6-14(17-18)16-9-13-12-5-3-4-11(12)8-15-13/h6-7,10-13,15H,3-5,8-9H2,1-2H3,(H,16,17). The molecular weight excluding hydrogens is 224 g/mol. The van der Waals surface area contributed by atoms with E-state index in [1.165, 1.54) is 25.8 Å². The zero-order valence-corrected chi connectivity index (χ0v) is 11.4. The molecule has 2 N–H and O–H groups in total. The second kappa shape index (κ2) is 4.92. The first-order valence-corrected chi connectivity index (χ1v) is 7.26. The van der Waals surface area contributed by atoms with Gasteiger partial charge in [0.1, 0.15) is 5.82 Å². The first-order valence-electron chi connectivity index (χ1n) is 7.26. The molecule has 0 radical (unpaired) electrons. The molecule has 18 heavy (non-hydrogen) atoms. The average molecular weight is 248 g/mol. The van der Waals surface area contributed by atoms with Gasteiger partial charge in [-0.25, -0.2) is 0 Å². The molecule has 0 spiro atoms. The first kappa shape index (κ1) is 12.0. The third kappa shape index (κ3) is 2.26. The summed E-state index contributed by atoms with van der Waals surface area (Å²) in [6.07, 6.45) is 6.31. The molecule has 2 fully saturated rings. The molecule has 0 amide bonds. The molecule has 1 aromatic rings. The molecule has 1 aliphatic carbocycles. The second-order valence-corrected chi connectivity index (χ2v) is 6.03. The largest absolute Gasteiger partial charge is 0.367 e. The molecule has 4 nitrogen and oxygen atoms in total. The van der Waals surface area contributed by atoms with Gasteiger partial charge < -0.3 is 10.6 Å². The zero-order valence-electron chi connectivity index (χ0n) is 11.4.